The fourth-order valence-electron chi connectivity index (χ4n) is 0. The van der Waals surface area contributed by atoms with E-state index in [1.807, 2.05) is 0 Å². The van der Waals surface area contributed by atoms with Crippen LogP contribution in [0.25, 0.3) is 0 Å². The summed E-state index contributed by atoms with van der Waals surface area (Å²) in [6.45, 7) is 1.08. The molecule has 34 valence electrons. The van der Waals surface area contributed by atoms with Gasteiger partial charge in [0, 0.05) is 45.1 Å². The molecule has 0 fully saturated rings. The number of carbonyl (C=O) groups is 1. The Labute approximate surface area is 60.6 Å². The quantitative estimate of drug-likeness (QED) is 0.631. The van der Waals surface area contributed by atoms with E-state index >= 15 is 0 Å². The summed E-state index contributed by atoms with van der Waals surface area (Å²) in [7, 11) is 0. The van der Waals surface area contributed by atoms with Crippen molar-refractivity contribution in [1.29, 1.82) is 0 Å². The van der Waals surface area contributed by atoms with E-state index in [0.29, 0.717) is 0 Å². The first-order valence-electron chi connectivity index (χ1n) is 0.928. The smallest absolute Gasteiger partial charge is 0.300 e. The second kappa shape index (κ2) is 4.74. The zero-order chi connectivity index (χ0) is 3.58. The number of hydrogen-bond acceptors (Lipinski definition) is 1. The fourth-order valence-corrected chi connectivity index (χ4v) is 0. The molecule has 3 heteroatoms. The van der Waals surface area contributed by atoms with Gasteiger partial charge in [-0.15, -0.1) is 0 Å². The first kappa shape index (κ1) is 9.22. The fraction of sp³-hybridized carbons (Fsp3) is 0.500. The molecule has 0 aromatic carbocycles. The summed E-state index contributed by atoms with van der Waals surface area (Å²) in [5, 5.41) is 7.42. The average Bonchev–Trinajstić information content (AvgIpc) is 0.811. The summed E-state index contributed by atoms with van der Waals surface area (Å²) in [6.07, 6.45) is 0. The molecule has 5 heavy (non-hydrogen) atoms. The zero-order valence-electron chi connectivity index (χ0n) is 2.67. The third kappa shape index (κ3) is 64.7. The summed E-state index contributed by atoms with van der Waals surface area (Å²) >= 11 is 0. The van der Waals surface area contributed by atoms with Crippen LogP contribution in [0.4, 0.5) is 0 Å². The van der Waals surface area contributed by atoms with Crippen LogP contribution in [0.15, 0.2) is 0 Å². The minimum Gasteiger partial charge on any atom is -0.481 e. The van der Waals surface area contributed by atoms with Crippen LogP contribution < -0.4 is 0 Å². The van der Waals surface area contributed by atoms with Crippen LogP contribution in [0.1, 0.15) is 6.92 Å². The van der Waals surface area contributed by atoms with Crippen LogP contribution in [0.3, 0.4) is 0 Å². The van der Waals surface area contributed by atoms with Crippen LogP contribution >= 0.6 is 0 Å². The predicted octanol–water partition coefficient (Wildman–Crippen LogP) is 0.0909. The SMILES string of the molecule is CC(=O)O.[Dy]. The Hall–Kier alpha value is 0.743. The Kier molecular flexibility index (Phi) is 8.75. The van der Waals surface area contributed by atoms with E-state index in [2.05, 4.69) is 0 Å². The third-order valence-electron chi connectivity index (χ3n) is 0. The first-order valence-corrected chi connectivity index (χ1v) is 0.928. The number of rotatable bonds is 0. The maximum atomic E-state index is 9.00. The maximum absolute atomic E-state index is 9.00. The molecule has 0 bridgehead atoms. The molecule has 0 heterocycles. The van der Waals surface area contributed by atoms with Gasteiger partial charge in [0.05, 0.1) is 0 Å². The van der Waals surface area contributed by atoms with Gasteiger partial charge in [0.2, 0.25) is 0 Å². The Morgan fingerprint density at radius 3 is 1.80 bits per heavy atom. The van der Waals surface area contributed by atoms with Crippen molar-refractivity contribution < 1.29 is 48.1 Å². The first-order chi connectivity index (χ1) is 1.73. The Bertz CT molecular complexity index is 30.6. The van der Waals surface area contributed by atoms with Gasteiger partial charge in [-0.2, -0.15) is 0 Å². The van der Waals surface area contributed by atoms with Gasteiger partial charge in [-0.1, -0.05) is 0 Å². The average molecular weight is 223 g/mol. The standard InChI is InChI=1S/C2H4O2.Dy/c1-2(3)4;/h1H3,(H,3,4);. The van der Waals surface area contributed by atoms with Crippen molar-refractivity contribution in [2.75, 3.05) is 0 Å². The van der Waals surface area contributed by atoms with E-state index in [0.717, 1.165) is 6.92 Å². The Morgan fingerprint density at radius 1 is 1.80 bits per heavy atom. The molecule has 0 aliphatic heterocycles. The molecular formula is C2H4DyO2. The molecule has 0 atom stereocenters. The van der Waals surface area contributed by atoms with Crippen molar-refractivity contribution in [3.63, 3.8) is 0 Å². The predicted molar refractivity (Wildman–Crippen MR) is 13.3 cm³/mol. The summed E-state index contributed by atoms with van der Waals surface area (Å²) in [6, 6.07) is 0. The second-order valence-corrected chi connectivity index (χ2v) is 0.519. The van der Waals surface area contributed by atoms with Crippen LogP contribution in [-0.2, 0) is 4.79 Å². The van der Waals surface area contributed by atoms with Crippen molar-refractivity contribution in [3.05, 3.63) is 0 Å². The molecule has 0 aliphatic carbocycles. The summed E-state index contributed by atoms with van der Waals surface area (Å²) < 4.78 is 0. The molecule has 0 spiro atoms. The van der Waals surface area contributed by atoms with Crippen LogP contribution in [0.5, 0.6) is 0 Å². The van der Waals surface area contributed by atoms with E-state index in [4.69, 9.17) is 9.90 Å². The molecule has 0 rings (SSSR count). The van der Waals surface area contributed by atoms with Crippen LogP contribution in [0, 0.1) is 38.2 Å². The van der Waals surface area contributed by atoms with Crippen molar-refractivity contribution in [3.8, 4) is 0 Å². The van der Waals surface area contributed by atoms with Crippen molar-refractivity contribution in [2.24, 2.45) is 0 Å². The number of hydrogen-bond donors (Lipinski definition) is 1. The minimum absolute atomic E-state index is 0. The molecule has 0 radical (unpaired) electrons. The molecule has 0 aromatic heterocycles. The summed E-state index contributed by atoms with van der Waals surface area (Å²) in [5.74, 6) is -0.833. The van der Waals surface area contributed by atoms with Gasteiger partial charge in [-0.05, 0) is 0 Å². The van der Waals surface area contributed by atoms with Gasteiger partial charge >= 0.3 is 0 Å². The molecule has 1 N–H and O–H groups in total. The van der Waals surface area contributed by atoms with Crippen LogP contribution in [0.2, 0.25) is 0 Å². The molecule has 0 saturated carbocycles. The maximum Gasteiger partial charge on any atom is 0.300 e. The number of aliphatic carboxylic acids is 1. The van der Waals surface area contributed by atoms with Crippen molar-refractivity contribution in [2.45, 2.75) is 6.92 Å². The molecule has 0 unspecified atom stereocenters. The molecule has 2 nitrogen and oxygen atoms in total. The summed E-state index contributed by atoms with van der Waals surface area (Å²) in [4.78, 5) is 9.00. The minimum atomic E-state index is -0.833. The van der Waals surface area contributed by atoms with E-state index in [9.17, 15) is 0 Å². The second-order valence-electron chi connectivity index (χ2n) is 0.519. The van der Waals surface area contributed by atoms with E-state index in [1.54, 1.807) is 0 Å². The molecule has 0 aromatic rings. The molecular weight excluding hydrogens is 219 g/mol. The van der Waals surface area contributed by atoms with Gasteiger partial charge in [0.15, 0.2) is 0 Å². The van der Waals surface area contributed by atoms with Crippen LogP contribution in [-0.4, -0.2) is 11.1 Å². The molecule has 0 aliphatic rings. The Morgan fingerprint density at radius 2 is 1.80 bits per heavy atom. The van der Waals surface area contributed by atoms with E-state index < -0.39 is 5.97 Å². The van der Waals surface area contributed by atoms with Gasteiger partial charge in [-0.25, -0.2) is 0 Å². The number of carboxylic acids is 1. The topological polar surface area (TPSA) is 37.3 Å². The van der Waals surface area contributed by atoms with E-state index in [1.165, 1.54) is 0 Å². The largest absolute Gasteiger partial charge is 0.481 e. The zero-order valence-corrected chi connectivity index (χ0v) is 4.70. The van der Waals surface area contributed by atoms with Crippen molar-refractivity contribution in [1.82, 2.24) is 0 Å². The normalized spacial score (nSPS) is 5.00. The van der Waals surface area contributed by atoms with Gasteiger partial charge in [-0.3, -0.25) is 4.79 Å². The summed E-state index contributed by atoms with van der Waals surface area (Å²) in [5.41, 5.74) is 0. The van der Waals surface area contributed by atoms with Gasteiger partial charge in [0.25, 0.3) is 5.97 Å². The molecule has 0 amide bonds. The van der Waals surface area contributed by atoms with E-state index in [-0.39, 0.29) is 38.2 Å². The van der Waals surface area contributed by atoms with Gasteiger partial charge < -0.3 is 5.11 Å². The van der Waals surface area contributed by atoms with Crippen molar-refractivity contribution >= 4 is 5.97 Å². The number of carboxylic acid groups (broad SMARTS) is 1. The third-order valence-corrected chi connectivity index (χ3v) is 0. The molecule has 0 saturated heterocycles. The van der Waals surface area contributed by atoms with Gasteiger partial charge in [0.1, 0.15) is 0 Å². The monoisotopic (exact) mass is 224 g/mol. The Balaban J connectivity index is 0.